The molecule has 1 N–H and O–H groups in total. The molecule has 21 heavy (non-hydrogen) atoms. The maximum atomic E-state index is 12.3. The van der Waals surface area contributed by atoms with Crippen LogP contribution in [0, 0.1) is 0 Å². The molecule has 0 spiro atoms. The van der Waals surface area contributed by atoms with Crippen LogP contribution in [0.3, 0.4) is 0 Å². The van der Waals surface area contributed by atoms with Crippen LogP contribution in [0.15, 0.2) is 35.5 Å². The van der Waals surface area contributed by atoms with Gasteiger partial charge in [-0.05, 0) is 28.6 Å². The monoisotopic (exact) mass is 311 g/mol. The number of rotatable bonds is 6. The van der Waals surface area contributed by atoms with Crippen LogP contribution in [0.2, 0.25) is 0 Å². The van der Waals surface area contributed by atoms with Crippen LogP contribution in [-0.2, 0) is 14.8 Å². The second kappa shape index (κ2) is 5.97. The first-order valence-corrected chi connectivity index (χ1v) is 7.37. The Hall–Kier alpha value is -2.33. The molecule has 0 aliphatic carbocycles. The van der Waals surface area contributed by atoms with Crippen molar-refractivity contribution in [3.05, 3.63) is 30.6 Å². The molecule has 0 unspecified atom stereocenters. The smallest absolute Gasteiger partial charge is 0.304 e. The van der Waals surface area contributed by atoms with Crippen LogP contribution in [0.4, 0.5) is 0 Å². The lowest BCUT2D eigenvalue weighted by molar-refractivity contribution is -0.137. The van der Waals surface area contributed by atoms with Gasteiger partial charge in [-0.25, -0.2) is 17.4 Å². The summed E-state index contributed by atoms with van der Waals surface area (Å²) in [5.41, 5.74) is 0.493. The highest BCUT2D eigenvalue weighted by molar-refractivity contribution is 7.89. The highest BCUT2D eigenvalue weighted by Gasteiger charge is 2.21. The summed E-state index contributed by atoms with van der Waals surface area (Å²) in [5.74, 6) is -1.06. The number of tetrazole rings is 1. The topological polar surface area (TPSA) is 118 Å². The number of sulfonamides is 1. The SMILES string of the molecule is CN(CCC(=O)O)S(=O)(=O)c1cccc(-n2cnnn2)c1. The third-order valence-electron chi connectivity index (χ3n) is 2.78. The van der Waals surface area contributed by atoms with Crippen molar-refractivity contribution in [3.8, 4) is 5.69 Å². The maximum absolute atomic E-state index is 12.3. The highest BCUT2D eigenvalue weighted by Crippen LogP contribution is 2.17. The fourth-order valence-corrected chi connectivity index (χ4v) is 2.83. The van der Waals surface area contributed by atoms with Gasteiger partial charge in [-0.1, -0.05) is 6.07 Å². The average molecular weight is 311 g/mol. The Morgan fingerprint density at radius 1 is 1.43 bits per heavy atom. The Bertz CT molecular complexity index is 729. The molecule has 0 aliphatic heterocycles. The number of aliphatic carboxylic acids is 1. The van der Waals surface area contributed by atoms with Crippen LogP contribution >= 0.6 is 0 Å². The summed E-state index contributed by atoms with van der Waals surface area (Å²) in [5, 5.41) is 19.3. The van der Waals surface area contributed by atoms with Crippen molar-refractivity contribution >= 4 is 16.0 Å². The molecule has 0 saturated carbocycles. The van der Waals surface area contributed by atoms with E-state index < -0.39 is 16.0 Å². The van der Waals surface area contributed by atoms with Crippen molar-refractivity contribution in [1.82, 2.24) is 24.5 Å². The first-order valence-electron chi connectivity index (χ1n) is 5.93. The minimum atomic E-state index is -3.76. The first kappa shape index (κ1) is 15.1. The van der Waals surface area contributed by atoms with E-state index in [1.807, 2.05) is 0 Å². The van der Waals surface area contributed by atoms with E-state index in [2.05, 4.69) is 15.5 Å². The van der Waals surface area contributed by atoms with E-state index in [0.29, 0.717) is 5.69 Å². The number of hydrogen-bond acceptors (Lipinski definition) is 6. The molecule has 1 aromatic carbocycles. The fourth-order valence-electron chi connectivity index (χ4n) is 1.62. The molecule has 0 fully saturated rings. The number of nitrogens with zero attached hydrogens (tertiary/aromatic N) is 5. The van der Waals surface area contributed by atoms with E-state index in [1.165, 1.54) is 30.2 Å². The zero-order valence-corrected chi connectivity index (χ0v) is 11.9. The van der Waals surface area contributed by atoms with Gasteiger partial charge in [0.15, 0.2) is 0 Å². The van der Waals surface area contributed by atoms with Gasteiger partial charge in [-0.3, -0.25) is 4.79 Å². The molecule has 0 atom stereocenters. The Labute approximate surface area is 120 Å². The molecular formula is C11H13N5O4S. The predicted molar refractivity (Wildman–Crippen MR) is 71.2 cm³/mol. The second-order valence-electron chi connectivity index (χ2n) is 4.22. The molecule has 2 aromatic rings. The van der Waals surface area contributed by atoms with Crippen LogP contribution in [0.1, 0.15) is 6.42 Å². The largest absolute Gasteiger partial charge is 0.481 e. The summed E-state index contributed by atoms with van der Waals surface area (Å²) in [7, 11) is -2.42. The summed E-state index contributed by atoms with van der Waals surface area (Å²) >= 11 is 0. The van der Waals surface area contributed by atoms with E-state index >= 15 is 0 Å². The molecule has 1 aromatic heterocycles. The molecule has 10 heteroatoms. The number of carboxylic acids is 1. The lowest BCUT2D eigenvalue weighted by Crippen LogP contribution is -2.29. The van der Waals surface area contributed by atoms with Gasteiger partial charge in [-0.2, -0.15) is 0 Å². The zero-order valence-electron chi connectivity index (χ0n) is 11.1. The van der Waals surface area contributed by atoms with E-state index in [4.69, 9.17) is 5.11 Å². The molecule has 2 rings (SSSR count). The van der Waals surface area contributed by atoms with Gasteiger partial charge in [0, 0.05) is 13.6 Å². The summed E-state index contributed by atoms with van der Waals surface area (Å²) in [4.78, 5) is 10.6. The number of carbonyl (C=O) groups is 1. The van der Waals surface area contributed by atoms with Gasteiger partial charge in [-0.15, -0.1) is 5.10 Å². The molecule has 0 radical (unpaired) electrons. The van der Waals surface area contributed by atoms with E-state index in [1.54, 1.807) is 12.1 Å². The van der Waals surface area contributed by atoms with Crippen LogP contribution < -0.4 is 0 Å². The quantitative estimate of drug-likeness (QED) is 0.781. The Morgan fingerprint density at radius 2 is 2.19 bits per heavy atom. The van der Waals surface area contributed by atoms with E-state index in [0.717, 1.165) is 4.31 Å². The van der Waals surface area contributed by atoms with Gasteiger partial charge in [0.05, 0.1) is 17.0 Å². The number of aromatic nitrogens is 4. The van der Waals surface area contributed by atoms with Crippen LogP contribution in [0.5, 0.6) is 0 Å². The molecule has 1 heterocycles. The van der Waals surface area contributed by atoms with Crippen LogP contribution in [-0.4, -0.2) is 57.6 Å². The Balaban J connectivity index is 2.28. The average Bonchev–Trinajstić information content (AvgIpc) is 2.99. The standard InChI is InChI=1S/C11H13N5O4S/c1-15(6-5-11(17)18)21(19,20)10-4-2-3-9(7-10)16-8-12-13-14-16/h2-4,7-8H,5-6H2,1H3,(H,17,18). The summed E-state index contributed by atoms with van der Waals surface area (Å²) in [6, 6.07) is 6.07. The lowest BCUT2D eigenvalue weighted by atomic mass is 10.3. The molecule has 0 saturated heterocycles. The third-order valence-corrected chi connectivity index (χ3v) is 4.63. The molecule has 0 amide bonds. The number of benzene rings is 1. The van der Waals surface area contributed by atoms with Crippen molar-refractivity contribution in [2.24, 2.45) is 0 Å². The first-order chi connectivity index (χ1) is 9.91. The number of hydrogen-bond donors (Lipinski definition) is 1. The molecule has 0 bridgehead atoms. The maximum Gasteiger partial charge on any atom is 0.304 e. The highest BCUT2D eigenvalue weighted by atomic mass is 32.2. The van der Waals surface area contributed by atoms with Crippen molar-refractivity contribution in [1.29, 1.82) is 0 Å². The van der Waals surface area contributed by atoms with Crippen molar-refractivity contribution in [3.63, 3.8) is 0 Å². The Morgan fingerprint density at radius 3 is 2.81 bits per heavy atom. The predicted octanol–water partition coefficient (Wildman–Crippen LogP) is -0.243. The summed E-state index contributed by atoms with van der Waals surface area (Å²) in [6.07, 6.45) is 1.09. The molecule has 0 aliphatic rings. The third kappa shape index (κ3) is 3.41. The molecule has 9 nitrogen and oxygen atoms in total. The number of carboxylic acid groups (broad SMARTS) is 1. The zero-order chi connectivity index (χ0) is 15.5. The Kier molecular flexibility index (Phi) is 4.29. The summed E-state index contributed by atoms with van der Waals surface area (Å²) in [6.45, 7) is -0.104. The van der Waals surface area contributed by atoms with E-state index in [-0.39, 0.29) is 17.9 Å². The van der Waals surface area contributed by atoms with E-state index in [9.17, 15) is 13.2 Å². The van der Waals surface area contributed by atoms with Gasteiger partial charge >= 0.3 is 5.97 Å². The minimum Gasteiger partial charge on any atom is -0.481 e. The van der Waals surface area contributed by atoms with Crippen molar-refractivity contribution in [2.45, 2.75) is 11.3 Å². The normalized spacial score (nSPS) is 11.7. The van der Waals surface area contributed by atoms with Gasteiger partial charge in [0.1, 0.15) is 6.33 Å². The fraction of sp³-hybridized carbons (Fsp3) is 0.273. The van der Waals surface area contributed by atoms with Crippen molar-refractivity contribution < 1.29 is 18.3 Å². The van der Waals surface area contributed by atoms with Gasteiger partial charge < -0.3 is 5.11 Å². The second-order valence-corrected chi connectivity index (χ2v) is 6.27. The van der Waals surface area contributed by atoms with Crippen LogP contribution in [0.25, 0.3) is 5.69 Å². The van der Waals surface area contributed by atoms with Gasteiger partial charge in [0.2, 0.25) is 10.0 Å². The van der Waals surface area contributed by atoms with Gasteiger partial charge in [0.25, 0.3) is 0 Å². The van der Waals surface area contributed by atoms with Crippen molar-refractivity contribution in [2.75, 3.05) is 13.6 Å². The molecule has 112 valence electrons. The molecular weight excluding hydrogens is 298 g/mol. The summed E-state index contributed by atoms with van der Waals surface area (Å²) < 4.78 is 27.0. The lowest BCUT2D eigenvalue weighted by Gasteiger charge is -2.16. The minimum absolute atomic E-state index is 0.0448.